The van der Waals surface area contributed by atoms with E-state index in [9.17, 15) is 0 Å². The summed E-state index contributed by atoms with van der Waals surface area (Å²) in [6.07, 6.45) is 2.52. The van der Waals surface area contributed by atoms with E-state index < -0.39 is 5.66 Å². The molecule has 1 saturated heterocycles. The molecule has 7 heteroatoms. The smallest absolute Gasteiger partial charge is 0.196 e. The number of nitrogens with one attached hydrogen (secondary N) is 2. The molecule has 118 valence electrons. The van der Waals surface area contributed by atoms with E-state index in [1.54, 1.807) is 0 Å². The molecule has 1 unspecified atom stereocenters. The first kappa shape index (κ1) is 15.1. The standard InChI is InChI=1S/C15H21ClN6/c1-19-12-8-22(9-12)13-7-15(18,21-14(17)20-13)6-10-2-4-11(16)5-3-10/h2-5,7,12,19H,6,8-9,18H2,1H3,(H3,17,20,21). The summed E-state index contributed by atoms with van der Waals surface area (Å²) in [7, 11) is 1.97. The number of aliphatic imine (C=N–C) groups is 1. The number of benzene rings is 1. The fourth-order valence-corrected chi connectivity index (χ4v) is 2.86. The van der Waals surface area contributed by atoms with Gasteiger partial charge in [-0.25, -0.2) is 4.99 Å². The molecule has 3 rings (SSSR count). The van der Waals surface area contributed by atoms with E-state index >= 15 is 0 Å². The monoisotopic (exact) mass is 320 g/mol. The lowest BCUT2D eigenvalue weighted by Crippen LogP contribution is -2.60. The Labute approximate surface area is 135 Å². The number of guanidine groups is 1. The Morgan fingerprint density at radius 1 is 1.41 bits per heavy atom. The van der Waals surface area contributed by atoms with Gasteiger partial charge in [0.1, 0.15) is 11.5 Å². The van der Waals surface area contributed by atoms with Gasteiger partial charge >= 0.3 is 0 Å². The Morgan fingerprint density at radius 3 is 2.73 bits per heavy atom. The molecule has 2 aliphatic rings. The van der Waals surface area contributed by atoms with Crippen molar-refractivity contribution in [3.63, 3.8) is 0 Å². The average Bonchev–Trinajstić information content (AvgIpc) is 2.39. The second kappa shape index (κ2) is 5.79. The summed E-state index contributed by atoms with van der Waals surface area (Å²) in [5, 5.41) is 7.05. The SMILES string of the molecule is CNC1CN(C2=CC(N)(Cc3ccc(Cl)cc3)N=C(N)N2)C1. The van der Waals surface area contributed by atoms with Crippen LogP contribution in [-0.2, 0) is 6.42 Å². The topological polar surface area (TPSA) is 91.7 Å². The van der Waals surface area contributed by atoms with Crippen molar-refractivity contribution in [1.82, 2.24) is 15.5 Å². The molecular formula is C15H21ClN6. The lowest BCUT2D eigenvalue weighted by atomic mass is 9.98. The highest BCUT2D eigenvalue weighted by Crippen LogP contribution is 2.23. The number of halogens is 1. The van der Waals surface area contributed by atoms with Gasteiger partial charge in [-0.15, -0.1) is 0 Å². The van der Waals surface area contributed by atoms with Crippen molar-refractivity contribution in [2.75, 3.05) is 20.1 Å². The Balaban J connectivity index is 1.76. The number of rotatable bonds is 4. The lowest BCUT2D eigenvalue weighted by Gasteiger charge is -2.44. The second-order valence-corrected chi connectivity index (χ2v) is 6.27. The van der Waals surface area contributed by atoms with E-state index in [4.69, 9.17) is 23.1 Å². The van der Waals surface area contributed by atoms with Gasteiger partial charge in [0.05, 0.1) is 0 Å². The van der Waals surface area contributed by atoms with Crippen LogP contribution in [0.25, 0.3) is 0 Å². The fraction of sp³-hybridized carbons (Fsp3) is 0.400. The van der Waals surface area contributed by atoms with Crippen LogP contribution in [0, 0.1) is 0 Å². The molecule has 6 N–H and O–H groups in total. The normalized spacial score (nSPS) is 25.1. The first-order valence-corrected chi connectivity index (χ1v) is 7.66. The molecule has 0 bridgehead atoms. The Hall–Kier alpha value is -1.76. The molecule has 6 nitrogen and oxygen atoms in total. The van der Waals surface area contributed by atoms with E-state index in [1.165, 1.54) is 0 Å². The van der Waals surface area contributed by atoms with Crippen LogP contribution in [0.1, 0.15) is 5.56 Å². The third-order valence-electron chi connectivity index (χ3n) is 4.00. The van der Waals surface area contributed by atoms with Gasteiger partial charge in [-0.3, -0.25) is 0 Å². The lowest BCUT2D eigenvalue weighted by molar-refractivity contribution is 0.167. The third kappa shape index (κ3) is 3.19. The first-order valence-electron chi connectivity index (χ1n) is 7.28. The molecule has 1 fully saturated rings. The number of hydrogen-bond donors (Lipinski definition) is 4. The first-order chi connectivity index (χ1) is 10.5. The van der Waals surface area contributed by atoms with Crippen molar-refractivity contribution >= 4 is 17.6 Å². The zero-order valence-electron chi connectivity index (χ0n) is 12.5. The van der Waals surface area contributed by atoms with E-state index in [2.05, 4.69) is 20.5 Å². The molecule has 0 amide bonds. The van der Waals surface area contributed by atoms with Crippen LogP contribution in [0.5, 0.6) is 0 Å². The zero-order valence-corrected chi connectivity index (χ0v) is 13.3. The van der Waals surface area contributed by atoms with Gasteiger partial charge in [0.2, 0.25) is 0 Å². The molecule has 2 aliphatic heterocycles. The highest BCUT2D eigenvalue weighted by atomic mass is 35.5. The van der Waals surface area contributed by atoms with Gasteiger partial charge in [0, 0.05) is 30.6 Å². The molecule has 0 aliphatic carbocycles. The number of nitrogens with zero attached hydrogens (tertiary/aromatic N) is 2. The highest BCUT2D eigenvalue weighted by molar-refractivity contribution is 6.30. The van der Waals surface area contributed by atoms with Gasteiger partial charge in [0.15, 0.2) is 5.96 Å². The Morgan fingerprint density at radius 2 is 2.09 bits per heavy atom. The van der Waals surface area contributed by atoms with Crippen molar-refractivity contribution in [1.29, 1.82) is 0 Å². The third-order valence-corrected chi connectivity index (χ3v) is 4.25. The molecule has 0 radical (unpaired) electrons. The van der Waals surface area contributed by atoms with E-state index in [-0.39, 0.29) is 0 Å². The highest BCUT2D eigenvalue weighted by Gasteiger charge is 2.33. The number of nitrogens with two attached hydrogens (primary N) is 2. The number of likely N-dealkylation sites (tertiary alicyclic amines) is 1. The predicted molar refractivity (Wildman–Crippen MR) is 89.3 cm³/mol. The van der Waals surface area contributed by atoms with Crippen molar-refractivity contribution in [2.45, 2.75) is 18.1 Å². The summed E-state index contributed by atoms with van der Waals surface area (Å²) in [5.74, 6) is 1.28. The van der Waals surface area contributed by atoms with Gasteiger partial charge in [-0.2, -0.15) is 0 Å². The fourth-order valence-electron chi connectivity index (χ4n) is 2.74. The molecule has 1 aromatic rings. The number of likely N-dealkylation sites (N-methyl/N-ethyl adjacent to an activating group) is 1. The van der Waals surface area contributed by atoms with Crippen LogP contribution in [0.4, 0.5) is 0 Å². The summed E-state index contributed by atoms with van der Waals surface area (Å²) in [4.78, 5) is 6.57. The molecule has 0 saturated carbocycles. The molecule has 1 aromatic carbocycles. The molecule has 22 heavy (non-hydrogen) atoms. The Kier molecular flexibility index (Phi) is 3.99. The maximum atomic E-state index is 6.43. The van der Waals surface area contributed by atoms with E-state index in [1.807, 2.05) is 37.4 Å². The molecule has 1 atom stereocenters. The molecule has 2 heterocycles. The maximum Gasteiger partial charge on any atom is 0.196 e. The van der Waals surface area contributed by atoms with Crippen LogP contribution >= 0.6 is 11.6 Å². The van der Waals surface area contributed by atoms with Crippen LogP contribution in [0.2, 0.25) is 5.02 Å². The second-order valence-electron chi connectivity index (χ2n) is 5.84. The summed E-state index contributed by atoms with van der Waals surface area (Å²) in [5.41, 5.74) is 12.6. The zero-order chi connectivity index (χ0) is 15.7. The summed E-state index contributed by atoms with van der Waals surface area (Å²) >= 11 is 5.92. The molecular weight excluding hydrogens is 300 g/mol. The summed E-state index contributed by atoms with van der Waals surface area (Å²) in [6, 6.07) is 8.13. The van der Waals surface area contributed by atoms with Gasteiger partial charge in [-0.05, 0) is 30.8 Å². The predicted octanol–water partition coefficient (Wildman–Crippen LogP) is 0.200. The average molecular weight is 321 g/mol. The van der Waals surface area contributed by atoms with E-state index in [0.29, 0.717) is 23.4 Å². The maximum absolute atomic E-state index is 6.43. The number of hydrogen-bond acceptors (Lipinski definition) is 6. The van der Waals surface area contributed by atoms with Gasteiger partial charge in [-0.1, -0.05) is 23.7 Å². The molecule has 0 aromatic heterocycles. The summed E-state index contributed by atoms with van der Waals surface area (Å²) in [6.45, 7) is 1.86. The largest absolute Gasteiger partial charge is 0.370 e. The summed E-state index contributed by atoms with van der Waals surface area (Å²) < 4.78 is 0. The quantitative estimate of drug-likeness (QED) is 0.636. The van der Waals surface area contributed by atoms with Crippen LogP contribution < -0.4 is 22.1 Å². The van der Waals surface area contributed by atoms with Crippen LogP contribution in [0.15, 0.2) is 41.2 Å². The van der Waals surface area contributed by atoms with Crippen molar-refractivity contribution < 1.29 is 0 Å². The Bertz CT molecular complexity index is 605. The van der Waals surface area contributed by atoms with Crippen molar-refractivity contribution in [2.24, 2.45) is 16.5 Å². The minimum Gasteiger partial charge on any atom is -0.370 e. The minimum atomic E-state index is -0.844. The van der Waals surface area contributed by atoms with Crippen molar-refractivity contribution in [3.05, 3.63) is 46.7 Å². The van der Waals surface area contributed by atoms with Gasteiger partial charge < -0.3 is 27.0 Å². The minimum absolute atomic E-state index is 0.349. The van der Waals surface area contributed by atoms with Crippen LogP contribution in [0.3, 0.4) is 0 Å². The van der Waals surface area contributed by atoms with Crippen LogP contribution in [-0.4, -0.2) is 42.7 Å². The van der Waals surface area contributed by atoms with E-state index in [0.717, 1.165) is 24.5 Å². The van der Waals surface area contributed by atoms with Crippen molar-refractivity contribution in [3.8, 4) is 0 Å². The van der Waals surface area contributed by atoms with Gasteiger partial charge in [0.25, 0.3) is 0 Å². The molecule has 0 spiro atoms.